The summed E-state index contributed by atoms with van der Waals surface area (Å²) in [6, 6.07) is 0. The molecule has 0 aromatic heterocycles. The zero-order valence-electron chi connectivity index (χ0n) is 12.5. The van der Waals surface area contributed by atoms with Gasteiger partial charge in [0.05, 0.1) is 5.75 Å². The molecule has 2 N–H and O–H groups in total. The molecule has 1 heterocycles. The van der Waals surface area contributed by atoms with Crippen LogP contribution in [0.1, 0.15) is 38.5 Å². The highest BCUT2D eigenvalue weighted by molar-refractivity contribution is 7.89. The molecule has 5 nitrogen and oxygen atoms in total. The monoisotopic (exact) mass is 303 g/mol. The van der Waals surface area contributed by atoms with Crippen LogP contribution >= 0.6 is 0 Å². The van der Waals surface area contributed by atoms with Gasteiger partial charge in [0.25, 0.3) is 0 Å². The number of hydrogen-bond donors (Lipinski definition) is 1. The molecule has 1 aliphatic carbocycles. The lowest BCUT2D eigenvalue weighted by Gasteiger charge is -2.21. The number of nitrogens with two attached hydrogens (primary N) is 1. The molecular weight excluding hydrogens is 274 g/mol. The predicted octanol–water partition coefficient (Wildman–Crippen LogP) is 0.863. The molecule has 0 aromatic rings. The summed E-state index contributed by atoms with van der Waals surface area (Å²) in [4.78, 5) is 2.41. The summed E-state index contributed by atoms with van der Waals surface area (Å²) in [5.41, 5.74) is 5.50. The van der Waals surface area contributed by atoms with Gasteiger partial charge in [-0.3, -0.25) is 0 Å². The number of unbranched alkanes of at least 4 members (excludes halogenated alkanes) is 2. The summed E-state index contributed by atoms with van der Waals surface area (Å²) in [7, 11) is -3.01. The molecule has 0 radical (unpaired) electrons. The van der Waals surface area contributed by atoms with E-state index in [4.69, 9.17) is 5.73 Å². The quantitative estimate of drug-likeness (QED) is 0.676. The van der Waals surface area contributed by atoms with E-state index in [2.05, 4.69) is 4.90 Å². The molecule has 2 rings (SSSR count). The second-order valence-electron chi connectivity index (χ2n) is 6.17. The van der Waals surface area contributed by atoms with Gasteiger partial charge in [-0.25, -0.2) is 12.7 Å². The average molecular weight is 303 g/mol. The smallest absolute Gasteiger partial charge is 0.214 e. The van der Waals surface area contributed by atoms with Crippen molar-refractivity contribution in [2.45, 2.75) is 38.5 Å². The zero-order valence-corrected chi connectivity index (χ0v) is 13.3. The minimum atomic E-state index is -3.01. The Labute approximate surface area is 123 Å². The van der Waals surface area contributed by atoms with Gasteiger partial charge in [0.15, 0.2) is 0 Å². The third-order valence-electron chi connectivity index (χ3n) is 4.26. The minimum Gasteiger partial charge on any atom is -0.330 e. The topological polar surface area (TPSA) is 66.6 Å². The van der Waals surface area contributed by atoms with Crippen molar-refractivity contribution in [1.29, 1.82) is 0 Å². The van der Waals surface area contributed by atoms with Crippen LogP contribution in [0.4, 0.5) is 0 Å². The van der Waals surface area contributed by atoms with Crippen LogP contribution in [-0.4, -0.2) is 62.6 Å². The summed E-state index contributed by atoms with van der Waals surface area (Å²) in [5, 5.41) is 0. The van der Waals surface area contributed by atoms with Crippen molar-refractivity contribution in [1.82, 2.24) is 9.21 Å². The van der Waals surface area contributed by atoms with Gasteiger partial charge < -0.3 is 10.6 Å². The molecule has 0 spiro atoms. The predicted molar refractivity (Wildman–Crippen MR) is 82.0 cm³/mol. The Hall–Kier alpha value is -0.170. The van der Waals surface area contributed by atoms with E-state index in [1.54, 1.807) is 4.31 Å². The maximum Gasteiger partial charge on any atom is 0.214 e. The maximum absolute atomic E-state index is 12.3. The molecule has 2 aliphatic rings. The van der Waals surface area contributed by atoms with Crippen LogP contribution in [0.3, 0.4) is 0 Å². The molecule has 1 saturated heterocycles. The molecular formula is C14H29N3O2S. The van der Waals surface area contributed by atoms with Crippen molar-refractivity contribution in [3.05, 3.63) is 0 Å². The van der Waals surface area contributed by atoms with Gasteiger partial charge in [0, 0.05) is 19.6 Å². The molecule has 1 aliphatic heterocycles. The Morgan fingerprint density at radius 3 is 2.50 bits per heavy atom. The largest absolute Gasteiger partial charge is 0.330 e. The minimum absolute atomic E-state index is 0.378. The van der Waals surface area contributed by atoms with Gasteiger partial charge in [-0.05, 0) is 57.7 Å². The SMILES string of the molecule is NCCCCCN1CCCN(S(=O)(=O)CC2CC2)CC1. The molecule has 0 amide bonds. The van der Waals surface area contributed by atoms with E-state index in [0.717, 1.165) is 51.9 Å². The molecule has 6 heteroatoms. The Balaban J connectivity index is 1.73. The van der Waals surface area contributed by atoms with Crippen molar-refractivity contribution in [3.63, 3.8) is 0 Å². The van der Waals surface area contributed by atoms with E-state index < -0.39 is 10.0 Å². The lowest BCUT2D eigenvalue weighted by Crippen LogP contribution is -2.37. The van der Waals surface area contributed by atoms with Crippen LogP contribution in [0.25, 0.3) is 0 Å². The lowest BCUT2D eigenvalue weighted by molar-refractivity contribution is 0.280. The summed E-state index contributed by atoms with van der Waals surface area (Å²) in [6.45, 7) is 5.13. The summed E-state index contributed by atoms with van der Waals surface area (Å²) < 4.78 is 26.3. The van der Waals surface area contributed by atoms with Crippen LogP contribution in [0, 0.1) is 5.92 Å². The van der Waals surface area contributed by atoms with Gasteiger partial charge in [0.2, 0.25) is 10.0 Å². The molecule has 0 unspecified atom stereocenters. The molecule has 1 saturated carbocycles. The van der Waals surface area contributed by atoms with E-state index in [-0.39, 0.29) is 0 Å². The third-order valence-corrected chi connectivity index (χ3v) is 6.31. The van der Waals surface area contributed by atoms with Crippen LogP contribution in [0.2, 0.25) is 0 Å². The molecule has 0 aromatic carbocycles. The maximum atomic E-state index is 12.3. The lowest BCUT2D eigenvalue weighted by atomic mass is 10.2. The van der Waals surface area contributed by atoms with Crippen LogP contribution in [0.5, 0.6) is 0 Å². The highest BCUT2D eigenvalue weighted by Crippen LogP contribution is 2.31. The molecule has 20 heavy (non-hydrogen) atoms. The standard InChI is InChI=1S/C14H29N3O2S/c15-7-2-1-3-8-16-9-4-10-17(12-11-16)20(18,19)13-14-5-6-14/h14H,1-13,15H2. The first-order valence-electron chi connectivity index (χ1n) is 8.02. The number of sulfonamides is 1. The third kappa shape index (κ3) is 5.31. The molecule has 2 fully saturated rings. The van der Waals surface area contributed by atoms with E-state index >= 15 is 0 Å². The van der Waals surface area contributed by atoms with Crippen LogP contribution < -0.4 is 5.73 Å². The van der Waals surface area contributed by atoms with E-state index in [1.165, 1.54) is 12.8 Å². The Bertz CT molecular complexity index is 382. The highest BCUT2D eigenvalue weighted by Gasteiger charge is 2.32. The highest BCUT2D eigenvalue weighted by atomic mass is 32.2. The summed E-state index contributed by atoms with van der Waals surface area (Å²) in [5.74, 6) is 0.819. The summed E-state index contributed by atoms with van der Waals surface area (Å²) in [6.07, 6.45) is 6.60. The van der Waals surface area contributed by atoms with Crippen molar-refractivity contribution in [3.8, 4) is 0 Å². The normalized spacial score (nSPS) is 22.9. The van der Waals surface area contributed by atoms with Gasteiger partial charge in [-0.2, -0.15) is 0 Å². The van der Waals surface area contributed by atoms with Gasteiger partial charge >= 0.3 is 0 Å². The van der Waals surface area contributed by atoms with Gasteiger partial charge in [0.1, 0.15) is 0 Å². The van der Waals surface area contributed by atoms with Gasteiger partial charge in [-0.15, -0.1) is 0 Å². The second-order valence-corrected chi connectivity index (χ2v) is 8.18. The molecule has 0 atom stereocenters. The average Bonchev–Trinajstić information content (AvgIpc) is 3.21. The van der Waals surface area contributed by atoms with E-state index in [9.17, 15) is 8.42 Å². The van der Waals surface area contributed by atoms with Gasteiger partial charge in [-0.1, -0.05) is 6.42 Å². The number of rotatable bonds is 8. The fraction of sp³-hybridized carbons (Fsp3) is 1.00. The van der Waals surface area contributed by atoms with Crippen molar-refractivity contribution >= 4 is 10.0 Å². The van der Waals surface area contributed by atoms with Crippen LogP contribution in [-0.2, 0) is 10.0 Å². The van der Waals surface area contributed by atoms with Crippen molar-refractivity contribution < 1.29 is 8.42 Å². The fourth-order valence-electron chi connectivity index (χ4n) is 2.79. The Morgan fingerprint density at radius 1 is 1.00 bits per heavy atom. The van der Waals surface area contributed by atoms with Crippen LogP contribution in [0.15, 0.2) is 0 Å². The van der Waals surface area contributed by atoms with E-state index in [1.807, 2.05) is 0 Å². The first-order chi connectivity index (χ1) is 9.62. The Kier molecular flexibility index (Phi) is 6.26. The van der Waals surface area contributed by atoms with E-state index in [0.29, 0.717) is 24.8 Å². The van der Waals surface area contributed by atoms with Crippen molar-refractivity contribution in [2.75, 3.05) is 45.0 Å². The zero-order chi connectivity index (χ0) is 14.4. The number of nitrogens with zero attached hydrogens (tertiary/aromatic N) is 2. The fourth-order valence-corrected chi connectivity index (χ4v) is 4.70. The Morgan fingerprint density at radius 2 is 1.80 bits per heavy atom. The second kappa shape index (κ2) is 7.73. The first kappa shape index (κ1) is 16.2. The molecule has 0 bridgehead atoms. The molecule has 118 valence electrons. The first-order valence-corrected chi connectivity index (χ1v) is 9.63. The van der Waals surface area contributed by atoms with Crippen molar-refractivity contribution in [2.24, 2.45) is 11.7 Å². The summed E-state index contributed by atoms with van der Waals surface area (Å²) >= 11 is 0. The number of hydrogen-bond acceptors (Lipinski definition) is 4.